The van der Waals surface area contributed by atoms with Crippen LogP contribution in [0.15, 0.2) is 42.5 Å². The lowest BCUT2D eigenvalue weighted by molar-refractivity contribution is 0.0977. The van der Waals surface area contributed by atoms with Crippen LogP contribution in [-0.2, 0) is 10.0 Å². The van der Waals surface area contributed by atoms with Gasteiger partial charge in [0.05, 0.1) is 11.8 Å². The number of rotatable bonds is 6. The Bertz CT molecular complexity index is 1350. The molecule has 0 aliphatic heterocycles. The van der Waals surface area contributed by atoms with Gasteiger partial charge in [0.25, 0.3) is 5.91 Å². The van der Waals surface area contributed by atoms with Crippen molar-refractivity contribution in [3.63, 3.8) is 0 Å². The van der Waals surface area contributed by atoms with Gasteiger partial charge >= 0.3 is 0 Å². The molecule has 2 aromatic carbocycles. The lowest BCUT2D eigenvalue weighted by Crippen LogP contribution is -2.30. The predicted octanol–water partition coefficient (Wildman–Crippen LogP) is 5.99. The van der Waals surface area contributed by atoms with Gasteiger partial charge in [0.2, 0.25) is 15.9 Å². The minimum absolute atomic E-state index is 0.0488. The van der Waals surface area contributed by atoms with Crippen molar-refractivity contribution in [1.29, 1.82) is 0 Å². The molecule has 0 saturated heterocycles. The molecular weight excluding hydrogens is 514 g/mol. The highest BCUT2D eigenvalue weighted by molar-refractivity contribution is 7.89. The quantitative estimate of drug-likeness (QED) is 0.395. The van der Waals surface area contributed by atoms with Gasteiger partial charge < -0.3 is 4.74 Å². The number of aromatic nitrogens is 1. The lowest BCUT2D eigenvalue weighted by Gasteiger charge is -2.17. The second-order valence-electron chi connectivity index (χ2n) is 7.26. The first-order chi connectivity index (χ1) is 15.4. The Morgan fingerprint density at radius 2 is 1.79 bits per heavy atom. The average Bonchev–Trinajstić information content (AvgIpc) is 2.70. The molecule has 0 saturated carbocycles. The highest BCUT2D eigenvalue weighted by Gasteiger charge is 2.20. The number of nitrogens with one attached hydrogen (secondary N) is 1. The number of ether oxygens (including phenoxy) is 1. The van der Waals surface area contributed by atoms with E-state index in [0.29, 0.717) is 32.3 Å². The number of carbonyl (C=O) groups is 1. The molecular formula is C22H18Cl3FN2O4S. The van der Waals surface area contributed by atoms with Crippen LogP contribution in [0.2, 0.25) is 15.2 Å². The molecule has 0 unspecified atom stereocenters. The smallest absolute Gasteiger partial charge is 0.267 e. The minimum atomic E-state index is -3.84. The Morgan fingerprint density at radius 3 is 2.42 bits per heavy atom. The molecule has 1 aromatic heterocycles. The Morgan fingerprint density at radius 1 is 1.09 bits per heavy atom. The van der Waals surface area contributed by atoms with Gasteiger partial charge in [-0.05, 0) is 61.4 Å². The van der Waals surface area contributed by atoms with E-state index in [2.05, 4.69) is 4.98 Å². The van der Waals surface area contributed by atoms with Gasteiger partial charge in [0.1, 0.15) is 17.1 Å². The average molecular weight is 532 g/mol. The van der Waals surface area contributed by atoms with Crippen LogP contribution in [0.1, 0.15) is 34.5 Å². The summed E-state index contributed by atoms with van der Waals surface area (Å²) in [4.78, 5) is 16.3. The molecule has 1 atom stereocenters. The Balaban J connectivity index is 1.88. The van der Waals surface area contributed by atoms with Crippen LogP contribution < -0.4 is 9.46 Å². The van der Waals surface area contributed by atoms with Crippen LogP contribution in [0.5, 0.6) is 5.88 Å². The van der Waals surface area contributed by atoms with Crippen LogP contribution in [0.3, 0.4) is 0 Å². The third kappa shape index (κ3) is 6.14. The Labute approximate surface area is 205 Å². The first kappa shape index (κ1) is 25.2. The van der Waals surface area contributed by atoms with E-state index in [1.54, 1.807) is 48.9 Å². The first-order valence-corrected chi connectivity index (χ1v) is 12.5. The third-order valence-corrected chi connectivity index (χ3v) is 6.07. The molecule has 11 heteroatoms. The summed E-state index contributed by atoms with van der Waals surface area (Å²) >= 11 is 18.6. The zero-order valence-electron chi connectivity index (χ0n) is 17.6. The maximum atomic E-state index is 14.6. The molecule has 33 heavy (non-hydrogen) atoms. The van der Waals surface area contributed by atoms with E-state index in [1.165, 1.54) is 6.07 Å². The summed E-state index contributed by atoms with van der Waals surface area (Å²) in [6.45, 7) is 3.41. The molecule has 174 valence electrons. The molecule has 1 heterocycles. The molecule has 1 amide bonds. The van der Waals surface area contributed by atoms with Crippen molar-refractivity contribution < 1.29 is 22.3 Å². The molecule has 0 bridgehead atoms. The SMILES string of the molecule is Cc1cc(C(=O)NS(C)(=O)=O)c(F)cc1-c1ccc(O[C@H](C)c2cc(Cl)ccc2Cl)nc1Cl. The number of benzene rings is 2. The monoisotopic (exact) mass is 530 g/mol. The number of aryl methyl sites for hydroxylation is 1. The summed E-state index contributed by atoms with van der Waals surface area (Å²) in [6, 6.07) is 10.5. The molecule has 0 spiro atoms. The maximum absolute atomic E-state index is 14.6. The van der Waals surface area contributed by atoms with Crippen LogP contribution in [0.4, 0.5) is 4.39 Å². The second kappa shape index (κ2) is 9.85. The molecule has 0 radical (unpaired) electrons. The number of carbonyl (C=O) groups excluding carboxylic acids is 1. The number of hydrogen-bond acceptors (Lipinski definition) is 5. The lowest BCUT2D eigenvalue weighted by atomic mass is 9.99. The normalized spacial score (nSPS) is 12.3. The van der Waals surface area contributed by atoms with E-state index in [4.69, 9.17) is 39.5 Å². The number of nitrogens with zero attached hydrogens (tertiary/aromatic N) is 1. The fourth-order valence-corrected chi connectivity index (χ4v) is 4.27. The van der Waals surface area contributed by atoms with E-state index in [0.717, 1.165) is 12.3 Å². The molecule has 3 rings (SSSR count). The van der Waals surface area contributed by atoms with Crippen molar-refractivity contribution >= 4 is 50.7 Å². The number of pyridine rings is 1. The largest absolute Gasteiger partial charge is 0.470 e. The number of sulfonamides is 1. The zero-order chi connectivity index (χ0) is 24.5. The van der Waals surface area contributed by atoms with Crippen LogP contribution in [-0.4, -0.2) is 25.6 Å². The maximum Gasteiger partial charge on any atom is 0.267 e. The fourth-order valence-electron chi connectivity index (χ4n) is 3.12. The highest BCUT2D eigenvalue weighted by atomic mass is 35.5. The standard InChI is InChI=1S/C22H18Cl3FN2O4S/c1-11-8-17(22(29)28-33(3,30)31)19(26)10-15(11)14-5-7-20(27-21(14)25)32-12(2)16-9-13(23)4-6-18(16)24/h4-10,12H,1-3H3,(H,28,29)/t12-/m1/s1. The molecule has 3 aromatic rings. The minimum Gasteiger partial charge on any atom is -0.470 e. The van der Waals surface area contributed by atoms with Crippen molar-refractivity contribution in [2.45, 2.75) is 20.0 Å². The van der Waals surface area contributed by atoms with Gasteiger partial charge in [-0.15, -0.1) is 0 Å². The Kier molecular flexibility index (Phi) is 7.53. The van der Waals surface area contributed by atoms with E-state index >= 15 is 0 Å². The van der Waals surface area contributed by atoms with E-state index in [9.17, 15) is 17.6 Å². The predicted molar refractivity (Wildman–Crippen MR) is 127 cm³/mol. The topological polar surface area (TPSA) is 85.4 Å². The van der Waals surface area contributed by atoms with Gasteiger partial charge in [-0.1, -0.05) is 34.8 Å². The number of amides is 1. The van der Waals surface area contributed by atoms with Crippen LogP contribution >= 0.6 is 34.8 Å². The zero-order valence-corrected chi connectivity index (χ0v) is 20.7. The van der Waals surface area contributed by atoms with E-state index < -0.39 is 33.4 Å². The number of halogens is 4. The van der Waals surface area contributed by atoms with Crippen molar-refractivity contribution in [3.8, 4) is 17.0 Å². The molecule has 1 N–H and O–H groups in total. The molecule has 0 aliphatic carbocycles. The van der Waals surface area contributed by atoms with E-state index in [1.807, 2.05) is 0 Å². The van der Waals surface area contributed by atoms with Gasteiger partial charge in [-0.25, -0.2) is 22.5 Å². The fraction of sp³-hybridized carbons (Fsp3) is 0.182. The van der Waals surface area contributed by atoms with Crippen LogP contribution in [0, 0.1) is 12.7 Å². The van der Waals surface area contributed by atoms with Crippen molar-refractivity contribution in [1.82, 2.24) is 9.71 Å². The second-order valence-corrected chi connectivity index (χ2v) is 10.2. The van der Waals surface area contributed by atoms with Crippen molar-refractivity contribution in [2.24, 2.45) is 0 Å². The first-order valence-electron chi connectivity index (χ1n) is 9.46. The highest BCUT2D eigenvalue weighted by Crippen LogP contribution is 2.34. The number of hydrogen-bond donors (Lipinski definition) is 1. The van der Waals surface area contributed by atoms with Crippen molar-refractivity contribution in [2.75, 3.05) is 6.26 Å². The summed E-state index contributed by atoms with van der Waals surface area (Å²) in [5.74, 6) is -1.75. The van der Waals surface area contributed by atoms with Crippen molar-refractivity contribution in [3.05, 3.63) is 80.2 Å². The third-order valence-electron chi connectivity index (χ3n) is 4.64. The Hall–Kier alpha value is -2.39. The molecule has 0 fully saturated rings. The summed E-state index contributed by atoms with van der Waals surface area (Å²) in [6.07, 6.45) is 0.331. The van der Waals surface area contributed by atoms with Gasteiger partial charge in [0.15, 0.2) is 0 Å². The summed E-state index contributed by atoms with van der Waals surface area (Å²) in [5.41, 5.74) is 1.55. The molecule has 0 aliphatic rings. The summed E-state index contributed by atoms with van der Waals surface area (Å²) in [5, 5.41) is 1.05. The van der Waals surface area contributed by atoms with E-state index in [-0.39, 0.29) is 11.0 Å². The molecule has 6 nitrogen and oxygen atoms in total. The summed E-state index contributed by atoms with van der Waals surface area (Å²) < 4.78 is 44.7. The van der Waals surface area contributed by atoms with Gasteiger partial charge in [-0.2, -0.15) is 0 Å². The summed E-state index contributed by atoms with van der Waals surface area (Å²) in [7, 11) is -3.84. The van der Waals surface area contributed by atoms with Crippen LogP contribution in [0.25, 0.3) is 11.1 Å². The van der Waals surface area contributed by atoms with Gasteiger partial charge in [0, 0.05) is 27.2 Å². The van der Waals surface area contributed by atoms with Gasteiger partial charge in [-0.3, -0.25) is 4.79 Å².